The summed E-state index contributed by atoms with van der Waals surface area (Å²) in [6, 6.07) is 12.7. The Kier molecular flexibility index (Phi) is 5.95. The van der Waals surface area contributed by atoms with Gasteiger partial charge in [0.05, 0.1) is 6.42 Å². The number of nitrogens with two attached hydrogens (primary N) is 1. The van der Waals surface area contributed by atoms with E-state index in [2.05, 4.69) is 15.5 Å². The zero-order valence-corrected chi connectivity index (χ0v) is 14.7. The van der Waals surface area contributed by atoms with Crippen LogP contribution in [0.25, 0.3) is 0 Å². The minimum absolute atomic E-state index is 0.00412. The SMILES string of the molecule is NC(=O)Cc1ccc(OCc2noc(C(=O)NCc3cccc(F)c3)n2)cc1. The van der Waals surface area contributed by atoms with Crippen LogP contribution in [-0.2, 0) is 24.4 Å². The standard InChI is InChI=1S/C19H17FN4O4/c20-14-3-1-2-13(8-14)10-22-18(26)19-23-17(24-28-19)11-27-15-6-4-12(5-7-15)9-16(21)25/h1-8H,9-11H2,(H2,21,25)(H,22,26). The zero-order chi connectivity index (χ0) is 19.9. The molecule has 28 heavy (non-hydrogen) atoms. The smallest absolute Gasteiger partial charge is 0.316 e. The maximum absolute atomic E-state index is 13.1. The predicted molar refractivity (Wildman–Crippen MR) is 95.5 cm³/mol. The van der Waals surface area contributed by atoms with Gasteiger partial charge in [0.25, 0.3) is 0 Å². The van der Waals surface area contributed by atoms with Crippen molar-refractivity contribution in [3.63, 3.8) is 0 Å². The fraction of sp³-hybridized carbons (Fsp3) is 0.158. The van der Waals surface area contributed by atoms with Crippen LogP contribution in [0.15, 0.2) is 53.1 Å². The number of ether oxygens (including phenoxy) is 1. The van der Waals surface area contributed by atoms with Gasteiger partial charge in [-0.3, -0.25) is 9.59 Å². The van der Waals surface area contributed by atoms with Crippen molar-refractivity contribution >= 4 is 11.8 Å². The van der Waals surface area contributed by atoms with Crippen LogP contribution in [0.2, 0.25) is 0 Å². The highest BCUT2D eigenvalue weighted by Crippen LogP contribution is 2.14. The molecule has 1 aromatic heterocycles. The van der Waals surface area contributed by atoms with Crippen molar-refractivity contribution in [1.82, 2.24) is 15.5 Å². The molecular weight excluding hydrogens is 367 g/mol. The number of benzene rings is 2. The number of carbonyl (C=O) groups is 2. The first-order valence-electron chi connectivity index (χ1n) is 8.35. The molecule has 0 aliphatic heterocycles. The predicted octanol–water partition coefficient (Wildman–Crippen LogP) is 1.75. The summed E-state index contributed by atoms with van der Waals surface area (Å²) >= 11 is 0. The van der Waals surface area contributed by atoms with Crippen LogP contribution >= 0.6 is 0 Å². The summed E-state index contributed by atoms with van der Waals surface area (Å²) in [4.78, 5) is 26.9. The highest BCUT2D eigenvalue weighted by Gasteiger charge is 2.15. The van der Waals surface area contributed by atoms with Crippen molar-refractivity contribution in [3.05, 3.63) is 77.2 Å². The quantitative estimate of drug-likeness (QED) is 0.610. The summed E-state index contributed by atoms with van der Waals surface area (Å²) in [5.41, 5.74) is 6.52. The molecule has 3 aromatic rings. The molecule has 144 valence electrons. The average molecular weight is 384 g/mol. The van der Waals surface area contributed by atoms with Gasteiger partial charge in [-0.25, -0.2) is 4.39 Å². The van der Waals surface area contributed by atoms with Crippen LogP contribution in [0.1, 0.15) is 27.6 Å². The third-order valence-electron chi connectivity index (χ3n) is 3.67. The second-order valence-corrected chi connectivity index (χ2v) is 5.90. The fourth-order valence-electron chi connectivity index (χ4n) is 2.36. The van der Waals surface area contributed by atoms with E-state index in [0.717, 1.165) is 5.56 Å². The van der Waals surface area contributed by atoms with Gasteiger partial charge in [-0.05, 0) is 35.4 Å². The number of primary amides is 1. The van der Waals surface area contributed by atoms with Gasteiger partial charge in [-0.15, -0.1) is 0 Å². The molecule has 2 amide bonds. The van der Waals surface area contributed by atoms with Gasteiger partial charge >= 0.3 is 11.8 Å². The van der Waals surface area contributed by atoms with E-state index in [1.54, 1.807) is 36.4 Å². The second kappa shape index (κ2) is 8.76. The molecule has 0 bridgehead atoms. The first kappa shape index (κ1) is 19.0. The third kappa shape index (κ3) is 5.37. The fourth-order valence-corrected chi connectivity index (χ4v) is 2.36. The number of hydrogen-bond acceptors (Lipinski definition) is 6. The molecule has 0 saturated heterocycles. The molecule has 0 aliphatic rings. The molecule has 1 heterocycles. The van der Waals surface area contributed by atoms with E-state index in [1.807, 2.05) is 0 Å². The van der Waals surface area contributed by atoms with Crippen molar-refractivity contribution in [1.29, 1.82) is 0 Å². The molecule has 8 nitrogen and oxygen atoms in total. The molecule has 0 unspecified atom stereocenters. The highest BCUT2D eigenvalue weighted by molar-refractivity contribution is 5.89. The summed E-state index contributed by atoms with van der Waals surface area (Å²) in [6.07, 6.45) is 0.152. The molecule has 0 saturated carbocycles. The number of rotatable bonds is 8. The Morgan fingerprint density at radius 1 is 1.14 bits per heavy atom. The summed E-state index contributed by atoms with van der Waals surface area (Å²) in [5.74, 6) is -0.854. The third-order valence-corrected chi connectivity index (χ3v) is 3.67. The minimum Gasteiger partial charge on any atom is -0.485 e. The van der Waals surface area contributed by atoms with E-state index in [4.69, 9.17) is 15.0 Å². The Hall–Kier alpha value is -3.75. The number of nitrogens with one attached hydrogen (secondary N) is 1. The van der Waals surface area contributed by atoms with Crippen LogP contribution < -0.4 is 15.8 Å². The van der Waals surface area contributed by atoms with Gasteiger partial charge in [0, 0.05) is 6.54 Å². The molecule has 0 fully saturated rings. The molecule has 3 N–H and O–H groups in total. The van der Waals surface area contributed by atoms with Gasteiger partial charge in [0.1, 0.15) is 11.6 Å². The summed E-state index contributed by atoms with van der Waals surface area (Å²) < 4.78 is 23.6. The molecule has 0 spiro atoms. The molecule has 0 radical (unpaired) electrons. The van der Waals surface area contributed by atoms with Gasteiger partial charge < -0.3 is 20.3 Å². The Morgan fingerprint density at radius 2 is 1.93 bits per heavy atom. The van der Waals surface area contributed by atoms with Crippen molar-refractivity contribution < 1.29 is 23.2 Å². The van der Waals surface area contributed by atoms with Gasteiger partial charge in [0.15, 0.2) is 6.61 Å². The van der Waals surface area contributed by atoms with Crippen molar-refractivity contribution in [2.75, 3.05) is 0 Å². The lowest BCUT2D eigenvalue weighted by molar-refractivity contribution is -0.117. The highest BCUT2D eigenvalue weighted by atomic mass is 19.1. The Morgan fingerprint density at radius 3 is 2.64 bits per heavy atom. The maximum atomic E-state index is 13.1. The van der Waals surface area contributed by atoms with E-state index < -0.39 is 11.8 Å². The van der Waals surface area contributed by atoms with Crippen LogP contribution in [0.4, 0.5) is 4.39 Å². The van der Waals surface area contributed by atoms with E-state index >= 15 is 0 Å². The first-order valence-corrected chi connectivity index (χ1v) is 8.35. The molecule has 9 heteroatoms. The van der Waals surface area contributed by atoms with Gasteiger partial charge in [-0.1, -0.05) is 29.4 Å². The second-order valence-electron chi connectivity index (χ2n) is 5.90. The number of halogens is 1. The lowest BCUT2D eigenvalue weighted by Gasteiger charge is -2.04. The minimum atomic E-state index is -0.571. The monoisotopic (exact) mass is 384 g/mol. The lowest BCUT2D eigenvalue weighted by Crippen LogP contribution is -2.23. The van der Waals surface area contributed by atoms with Crippen LogP contribution in [0, 0.1) is 5.82 Å². The Balaban J connectivity index is 1.50. The number of hydrogen-bond donors (Lipinski definition) is 2. The maximum Gasteiger partial charge on any atom is 0.316 e. The zero-order valence-electron chi connectivity index (χ0n) is 14.7. The Bertz CT molecular complexity index is 972. The summed E-state index contributed by atoms with van der Waals surface area (Å²) in [5, 5.41) is 6.26. The van der Waals surface area contributed by atoms with E-state index in [9.17, 15) is 14.0 Å². The number of amides is 2. The van der Waals surface area contributed by atoms with Crippen LogP contribution in [0.5, 0.6) is 5.75 Å². The molecule has 2 aromatic carbocycles. The van der Waals surface area contributed by atoms with Crippen molar-refractivity contribution in [2.45, 2.75) is 19.6 Å². The summed E-state index contributed by atoms with van der Waals surface area (Å²) in [7, 11) is 0. The topological polar surface area (TPSA) is 120 Å². The molecule has 3 rings (SSSR count). The average Bonchev–Trinajstić information content (AvgIpc) is 3.14. The van der Waals surface area contributed by atoms with Gasteiger partial charge in [0.2, 0.25) is 11.7 Å². The first-order chi connectivity index (χ1) is 13.5. The van der Waals surface area contributed by atoms with E-state index in [-0.39, 0.29) is 37.1 Å². The number of carbonyl (C=O) groups excluding carboxylic acids is 2. The molecule has 0 atom stereocenters. The normalized spacial score (nSPS) is 10.5. The Labute approximate surface area is 159 Å². The lowest BCUT2D eigenvalue weighted by atomic mass is 10.1. The van der Waals surface area contributed by atoms with Crippen LogP contribution in [-0.4, -0.2) is 22.0 Å². The van der Waals surface area contributed by atoms with Crippen LogP contribution in [0.3, 0.4) is 0 Å². The number of aromatic nitrogens is 2. The number of nitrogens with zero attached hydrogens (tertiary/aromatic N) is 2. The molecule has 0 aliphatic carbocycles. The largest absolute Gasteiger partial charge is 0.485 e. The summed E-state index contributed by atoms with van der Waals surface area (Å²) in [6.45, 7) is 0.123. The van der Waals surface area contributed by atoms with E-state index in [0.29, 0.717) is 11.3 Å². The van der Waals surface area contributed by atoms with Gasteiger partial charge in [-0.2, -0.15) is 4.98 Å². The van der Waals surface area contributed by atoms with Crippen molar-refractivity contribution in [3.8, 4) is 5.75 Å². The van der Waals surface area contributed by atoms with E-state index in [1.165, 1.54) is 12.1 Å². The molecular formula is C19H17FN4O4. The van der Waals surface area contributed by atoms with Crippen molar-refractivity contribution in [2.24, 2.45) is 5.73 Å².